The quantitative estimate of drug-likeness (QED) is 0.352. The Labute approximate surface area is 234 Å². The molecule has 0 saturated carbocycles. The van der Waals surface area contributed by atoms with Gasteiger partial charge in [-0.25, -0.2) is 0 Å². The molecule has 5 N–H and O–H groups in total. The summed E-state index contributed by atoms with van der Waals surface area (Å²) in [5.74, 6) is -0.0182. The number of aliphatic hydroxyl groups excluding tert-OH is 1. The molecule has 0 unspecified atom stereocenters. The molecule has 3 atom stereocenters. The number of amides is 3. The zero-order chi connectivity index (χ0) is 28.7. The smallest absolute Gasteiger partial charge is 0.258 e. The van der Waals surface area contributed by atoms with E-state index in [0.717, 1.165) is 22.3 Å². The lowest BCUT2D eigenvalue weighted by Crippen LogP contribution is -2.58. The van der Waals surface area contributed by atoms with Gasteiger partial charge < -0.3 is 31.1 Å². The minimum absolute atomic E-state index is 0.225. The second-order valence-electron chi connectivity index (χ2n) is 10.9. The highest BCUT2D eigenvalue weighted by molar-refractivity contribution is 7.99. The Balaban J connectivity index is 1.74. The maximum atomic E-state index is 13.5. The highest BCUT2D eigenvalue weighted by Crippen LogP contribution is 2.25. The molecule has 1 fully saturated rings. The van der Waals surface area contributed by atoms with Crippen LogP contribution in [-0.4, -0.2) is 69.7 Å². The van der Waals surface area contributed by atoms with Crippen molar-refractivity contribution < 1.29 is 24.2 Å². The van der Waals surface area contributed by atoms with Gasteiger partial charge in [-0.3, -0.25) is 14.4 Å². The molecule has 1 heterocycles. The number of ether oxygens (including phenoxy) is 1. The van der Waals surface area contributed by atoms with E-state index in [1.165, 1.54) is 16.7 Å². The molecule has 1 aliphatic heterocycles. The first-order valence-corrected chi connectivity index (χ1v) is 14.2. The Bertz CT molecular complexity index is 1150. The number of rotatable bonds is 10. The lowest BCUT2D eigenvalue weighted by Gasteiger charge is -2.31. The summed E-state index contributed by atoms with van der Waals surface area (Å²) in [7, 11) is 0. The number of hydrogen-bond acceptors (Lipinski definition) is 7. The van der Waals surface area contributed by atoms with Crippen molar-refractivity contribution in [2.45, 2.75) is 71.3 Å². The summed E-state index contributed by atoms with van der Waals surface area (Å²) in [6.07, 6.45) is -1.33. The summed E-state index contributed by atoms with van der Waals surface area (Å²) in [5, 5.41) is 16.9. The molecule has 212 valence electrons. The molecule has 2 aromatic carbocycles. The number of benzene rings is 2. The van der Waals surface area contributed by atoms with Crippen molar-refractivity contribution in [1.29, 1.82) is 0 Å². The van der Waals surface area contributed by atoms with E-state index in [0.29, 0.717) is 18.0 Å². The fourth-order valence-corrected chi connectivity index (χ4v) is 5.72. The van der Waals surface area contributed by atoms with Crippen LogP contribution in [0, 0.1) is 13.8 Å². The summed E-state index contributed by atoms with van der Waals surface area (Å²) < 4.78 is 5.83. The van der Waals surface area contributed by atoms with Gasteiger partial charge in [0.2, 0.25) is 5.91 Å². The highest BCUT2D eigenvalue weighted by atomic mass is 32.2. The Morgan fingerprint density at radius 3 is 2.36 bits per heavy atom. The summed E-state index contributed by atoms with van der Waals surface area (Å²) in [6.45, 7) is 9.52. The average molecular weight is 557 g/mol. The topological polar surface area (TPSA) is 134 Å². The van der Waals surface area contributed by atoms with Crippen molar-refractivity contribution in [3.8, 4) is 5.75 Å². The van der Waals surface area contributed by atoms with Crippen molar-refractivity contribution in [1.82, 2.24) is 15.5 Å². The van der Waals surface area contributed by atoms with Crippen LogP contribution in [0.1, 0.15) is 43.0 Å². The van der Waals surface area contributed by atoms with Crippen molar-refractivity contribution in [2.24, 2.45) is 5.73 Å². The maximum Gasteiger partial charge on any atom is 0.258 e. The second-order valence-corrected chi connectivity index (χ2v) is 11.9. The van der Waals surface area contributed by atoms with E-state index in [-0.39, 0.29) is 24.8 Å². The van der Waals surface area contributed by atoms with Crippen molar-refractivity contribution in [3.05, 3.63) is 64.7 Å². The molecule has 3 rings (SSSR count). The number of nitrogens with zero attached hydrogens (tertiary/aromatic N) is 1. The molecule has 10 heteroatoms. The molecule has 0 aliphatic carbocycles. The van der Waals surface area contributed by atoms with Gasteiger partial charge in [0, 0.05) is 17.8 Å². The number of nitrogens with two attached hydrogens (primary N) is 1. The van der Waals surface area contributed by atoms with Crippen LogP contribution in [0.3, 0.4) is 0 Å². The molecule has 1 saturated heterocycles. The number of aliphatic hydroxyl groups is 1. The fraction of sp³-hybridized carbons (Fsp3) is 0.483. The number of carbonyl (C=O) groups excluding carboxylic acids is 3. The molecule has 1 aliphatic rings. The normalized spacial score (nSPS) is 16.9. The third-order valence-corrected chi connectivity index (χ3v) is 7.36. The van der Waals surface area contributed by atoms with E-state index in [1.54, 1.807) is 0 Å². The SMILES string of the molecule is Cc1cc(CN)cc(C)c1OCC(=O)N[C@@H](Cc1ccccc1)[C@H](O)C(=O)N1CSC[C@H]1C(=O)NC(C)(C)C. The van der Waals surface area contributed by atoms with Gasteiger partial charge in [-0.15, -0.1) is 11.8 Å². The number of nitrogens with one attached hydrogen (secondary N) is 2. The van der Waals surface area contributed by atoms with Crippen LogP contribution in [0.4, 0.5) is 0 Å². The average Bonchev–Trinajstić information content (AvgIpc) is 3.37. The van der Waals surface area contributed by atoms with Crippen LogP contribution < -0.4 is 21.1 Å². The molecule has 0 radical (unpaired) electrons. The van der Waals surface area contributed by atoms with Gasteiger partial charge in [-0.2, -0.15) is 0 Å². The van der Waals surface area contributed by atoms with Crippen molar-refractivity contribution >= 4 is 29.5 Å². The molecular weight excluding hydrogens is 516 g/mol. The van der Waals surface area contributed by atoms with Crippen LogP contribution in [0.15, 0.2) is 42.5 Å². The fourth-order valence-electron chi connectivity index (χ4n) is 4.55. The maximum absolute atomic E-state index is 13.5. The molecule has 0 aromatic heterocycles. The Morgan fingerprint density at radius 1 is 1.13 bits per heavy atom. The Morgan fingerprint density at radius 2 is 1.77 bits per heavy atom. The van der Waals surface area contributed by atoms with E-state index in [1.807, 2.05) is 77.1 Å². The van der Waals surface area contributed by atoms with Crippen LogP contribution in [0.25, 0.3) is 0 Å². The predicted octanol–water partition coefficient (Wildman–Crippen LogP) is 2.05. The van der Waals surface area contributed by atoms with Gasteiger partial charge in [-0.05, 0) is 63.3 Å². The standard InChI is InChI=1S/C29H40N4O5S/c1-18-11-21(14-30)12-19(2)26(18)38-15-24(34)31-22(13-20-9-7-6-8-10-20)25(35)28(37)33-17-39-16-23(33)27(36)32-29(3,4)5/h6-12,22-23,25,35H,13-17,30H2,1-5H3,(H,31,34)(H,32,36)/t22-,23-,25-/m0/s1. The zero-order valence-corrected chi connectivity index (χ0v) is 24.1. The summed E-state index contributed by atoms with van der Waals surface area (Å²) in [5.41, 5.74) is 8.84. The van der Waals surface area contributed by atoms with Crippen molar-refractivity contribution in [3.63, 3.8) is 0 Å². The van der Waals surface area contributed by atoms with Crippen molar-refractivity contribution in [2.75, 3.05) is 18.2 Å². The van der Waals surface area contributed by atoms with E-state index in [9.17, 15) is 19.5 Å². The minimum Gasteiger partial charge on any atom is -0.483 e. The van der Waals surface area contributed by atoms with Crippen LogP contribution in [0.2, 0.25) is 0 Å². The van der Waals surface area contributed by atoms with Gasteiger partial charge >= 0.3 is 0 Å². The van der Waals surface area contributed by atoms with Crippen LogP contribution in [0.5, 0.6) is 5.75 Å². The Hall–Kier alpha value is -3.08. The van der Waals surface area contributed by atoms with E-state index in [2.05, 4.69) is 10.6 Å². The monoisotopic (exact) mass is 556 g/mol. The van der Waals surface area contributed by atoms with Crippen LogP contribution in [-0.2, 0) is 27.3 Å². The first-order valence-electron chi connectivity index (χ1n) is 13.0. The lowest BCUT2D eigenvalue weighted by atomic mass is 9.99. The number of carbonyl (C=O) groups is 3. The highest BCUT2D eigenvalue weighted by Gasteiger charge is 2.40. The van der Waals surface area contributed by atoms with Gasteiger partial charge in [0.05, 0.1) is 11.9 Å². The summed E-state index contributed by atoms with van der Waals surface area (Å²) >= 11 is 1.45. The second kappa shape index (κ2) is 13.3. The van der Waals surface area contributed by atoms with Gasteiger partial charge in [0.25, 0.3) is 11.8 Å². The lowest BCUT2D eigenvalue weighted by molar-refractivity contribution is -0.147. The molecule has 0 spiro atoms. The third-order valence-electron chi connectivity index (χ3n) is 6.35. The number of hydrogen-bond donors (Lipinski definition) is 4. The zero-order valence-electron chi connectivity index (χ0n) is 23.3. The Kier molecular flexibility index (Phi) is 10.4. The minimum atomic E-state index is -1.55. The largest absolute Gasteiger partial charge is 0.483 e. The summed E-state index contributed by atoms with van der Waals surface area (Å²) in [6, 6.07) is 11.5. The van der Waals surface area contributed by atoms with E-state index < -0.39 is 35.5 Å². The predicted molar refractivity (Wildman–Crippen MR) is 153 cm³/mol. The van der Waals surface area contributed by atoms with Gasteiger partial charge in [0.1, 0.15) is 11.8 Å². The molecule has 3 amide bonds. The summed E-state index contributed by atoms with van der Waals surface area (Å²) in [4.78, 5) is 40.7. The van der Waals surface area contributed by atoms with Gasteiger partial charge in [-0.1, -0.05) is 42.5 Å². The number of aryl methyl sites for hydroxylation is 2. The molecular formula is C29H40N4O5S. The molecule has 9 nitrogen and oxygen atoms in total. The first-order chi connectivity index (χ1) is 18.4. The van der Waals surface area contributed by atoms with Gasteiger partial charge in [0.15, 0.2) is 12.7 Å². The van der Waals surface area contributed by atoms with E-state index >= 15 is 0 Å². The van der Waals surface area contributed by atoms with E-state index in [4.69, 9.17) is 10.5 Å². The molecule has 2 aromatic rings. The van der Waals surface area contributed by atoms with Crippen LogP contribution >= 0.6 is 11.8 Å². The number of thioether (sulfide) groups is 1. The molecule has 39 heavy (non-hydrogen) atoms. The first kappa shape index (κ1) is 30.5. The molecule has 0 bridgehead atoms. The third kappa shape index (κ3) is 8.45.